The monoisotopic (exact) mass is 318 g/mol. The number of hydrogen-bond acceptors (Lipinski definition) is 2. The van der Waals surface area contributed by atoms with Crippen molar-refractivity contribution in [3.8, 4) is 5.75 Å². The van der Waals surface area contributed by atoms with Crippen LogP contribution < -0.4 is 9.64 Å². The van der Waals surface area contributed by atoms with Gasteiger partial charge < -0.3 is 14.2 Å². The lowest BCUT2D eigenvalue weighted by atomic mass is 10.1. The summed E-state index contributed by atoms with van der Waals surface area (Å²) in [6.45, 7) is 1.31. The first-order valence-electron chi connectivity index (χ1n) is 7.95. The molecule has 0 saturated heterocycles. The van der Waals surface area contributed by atoms with Crippen molar-refractivity contribution >= 4 is 11.6 Å². The van der Waals surface area contributed by atoms with Gasteiger partial charge in [0.15, 0.2) is 0 Å². The highest BCUT2D eigenvalue weighted by atomic mass is 16.5. The van der Waals surface area contributed by atoms with Crippen LogP contribution in [-0.2, 0) is 13.1 Å². The van der Waals surface area contributed by atoms with Gasteiger partial charge >= 0.3 is 0 Å². The highest BCUT2D eigenvalue weighted by Gasteiger charge is 2.26. The molecule has 2 aromatic carbocycles. The molecule has 1 aromatic heterocycles. The van der Waals surface area contributed by atoms with E-state index in [0.717, 1.165) is 23.5 Å². The molecule has 0 radical (unpaired) electrons. The molecule has 4 heteroatoms. The topological polar surface area (TPSA) is 34.5 Å². The summed E-state index contributed by atoms with van der Waals surface area (Å²) in [5, 5.41) is 0. The Morgan fingerprint density at radius 3 is 2.62 bits per heavy atom. The van der Waals surface area contributed by atoms with Crippen LogP contribution in [0.2, 0.25) is 0 Å². The minimum Gasteiger partial charge on any atom is -0.496 e. The number of fused-ring (bicyclic) bond motifs is 2. The molecule has 1 aliphatic rings. The molecular weight excluding hydrogens is 300 g/mol. The van der Waals surface area contributed by atoms with Crippen molar-refractivity contribution in [1.29, 1.82) is 0 Å². The van der Waals surface area contributed by atoms with E-state index < -0.39 is 0 Å². The first-order chi connectivity index (χ1) is 11.8. The summed E-state index contributed by atoms with van der Waals surface area (Å²) in [7, 11) is 1.59. The maximum atomic E-state index is 13.3. The molecule has 0 N–H and O–H groups in total. The largest absolute Gasteiger partial charge is 0.496 e. The van der Waals surface area contributed by atoms with Crippen molar-refractivity contribution in [3.63, 3.8) is 0 Å². The Bertz CT molecular complexity index is 898. The minimum atomic E-state index is -0.0467. The summed E-state index contributed by atoms with van der Waals surface area (Å²) < 4.78 is 7.57. The van der Waals surface area contributed by atoms with Gasteiger partial charge in [-0.15, -0.1) is 0 Å². The molecule has 0 fully saturated rings. The van der Waals surface area contributed by atoms with Gasteiger partial charge in [-0.25, -0.2) is 0 Å². The van der Waals surface area contributed by atoms with Crippen LogP contribution >= 0.6 is 0 Å². The molecular formula is C20H18N2O2. The van der Waals surface area contributed by atoms with Gasteiger partial charge in [-0.3, -0.25) is 4.79 Å². The third-order valence-electron chi connectivity index (χ3n) is 4.45. The number of nitrogens with zero attached hydrogens (tertiary/aromatic N) is 2. The Morgan fingerprint density at radius 1 is 0.958 bits per heavy atom. The number of carbonyl (C=O) groups is 1. The molecule has 0 aliphatic carbocycles. The predicted molar refractivity (Wildman–Crippen MR) is 93.5 cm³/mol. The van der Waals surface area contributed by atoms with Crippen LogP contribution in [-0.4, -0.2) is 17.6 Å². The zero-order valence-electron chi connectivity index (χ0n) is 13.5. The van der Waals surface area contributed by atoms with Crippen molar-refractivity contribution < 1.29 is 9.53 Å². The van der Waals surface area contributed by atoms with Gasteiger partial charge in [0.05, 0.1) is 19.2 Å². The fraction of sp³-hybridized carbons (Fsp3) is 0.150. The summed E-state index contributed by atoms with van der Waals surface area (Å²) in [6.07, 6.45) is 2.06. The molecule has 0 spiro atoms. The molecule has 0 bridgehead atoms. The number of benzene rings is 2. The molecule has 1 amide bonds. The summed E-state index contributed by atoms with van der Waals surface area (Å²) in [5.41, 5.74) is 3.79. The van der Waals surface area contributed by atoms with Gasteiger partial charge in [-0.05, 0) is 35.9 Å². The van der Waals surface area contributed by atoms with Crippen LogP contribution in [0.3, 0.4) is 0 Å². The molecule has 2 heterocycles. The summed E-state index contributed by atoms with van der Waals surface area (Å²) in [4.78, 5) is 15.1. The standard InChI is InChI=1S/C20H18N2O2/c1-24-19-11-5-3-9-17(19)20(23)22-14-16-8-6-12-21(16)13-15-7-2-4-10-18(15)22/h2-12H,13-14H2,1H3. The van der Waals surface area contributed by atoms with Crippen LogP contribution in [0.15, 0.2) is 66.9 Å². The fourth-order valence-electron chi connectivity index (χ4n) is 3.23. The number of methoxy groups -OCH3 is 1. The third kappa shape index (κ3) is 2.36. The van der Waals surface area contributed by atoms with Gasteiger partial charge in [0.2, 0.25) is 0 Å². The predicted octanol–water partition coefficient (Wildman–Crippen LogP) is 3.71. The van der Waals surface area contributed by atoms with Gasteiger partial charge in [0.25, 0.3) is 5.91 Å². The van der Waals surface area contributed by atoms with Crippen molar-refractivity contribution in [2.75, 3.05) is 12.0 Å². The number of para-hydroxylation sites is 2. The second-order valence-electron chi connectivity index (χ2n) is 5.85. The van der Waals surface area contributed by atoms with Crippen LogP contribution in [0.5, 0.6) is 5.75 Å². The Kier molecular flexibility index (Phi) is 3.58. The maximum absolute atomic E-state index is 13.3. The SMILES string of the molecule is COc1ccccc1C(=O)N1Cc2cccn2Cc2ccccc21. The van der Waals surface area contributed by atoms with E-state index in [1.807, 2.05) is 53.4 Å². The minimum absolute atomic E-state index is 0.0467. The summed E-state index contributed by atoms with van der Waals surface area (Å²) in [6, 6.07) is 19.5. The second kappa shape index (κ2) is 5.89. The van der Waals surface area contributed by atoms with Crippen molar-refractivity contribution in [3.05, 3.63) is 83.7 Å². The summed E-state index contributed by atoms with van der Waals surface area (Å²) in [5.74, 6) is 0.550. The zero-order valence-corrected chi connectivity index (χ0v) is 13.5. The zero-order chi connectivity index (χ0) is 16.5. The van der Waals surface area contributed by atoms with Gasteiger partial charge in [-0.2, -0.15) is 0 Å². The molecule has 24 heavy (non-hydrogen) atoms. The first kappa shape index (κ1) is 14.6. The van der Waals surface area contributed by atoms with E-state index in [4.69, 9.17) is 4.74 Å². The number of carbonyl (C=O) groups excluding carboxylic acids is 1. The van der Waals surface area contributed by atoms with E-state index in [-0.39, 0.29) is 5.91 Å². The number of amides is 1. The Hall–Kier alpha value is -3.01. The Morgan fingerprint density at radius 2 is 1.75 bits per heavy atom. The third-order valence-corrected chi connectivity index (χ3v) is 4.45. The second-order valence-corrected chi connectivity index (χ2v) is 5.85. The molecule has 4 rings (SSSR count). The highest BCUT2D eigenvalue weighted by Crippen LogP contribution is 2.30. The smallest absolute Gasteiger partial charge is 0.262 e. The fourth-order valence-corrected chi connectivity index (χ4v) is 3.23. The lowest BCUT2D eigenvalue weighted by molar-refractivity contribution is 0.0982. The highest BCUT2D eigenvalue weighted by molar-refractivity contribution is 6.08. The molecule has 0 unspecified atom stereocenters. The van der Waals surface area contributed by atoms with Gasteiger partial charge in [0, 0.05) is 24.1 Å². The number of anilines is 1. The van der Waals surface area contributed by atoms with E-state index in [1.54, 1.807) is 7.11 Å². The Labute approximate surface area is 140 Å². The lowest BCUT2D eigenvalue weighted by Gasteiger charge is -2.23. The van der Waals surface area contributed by atoms with Gasteiger partial charge in [-0.1, -0.05) is 30.3 Å². The van der Waals surface area contributed by atoms with Crippen LogP contribution in [0.1, 0.15) is 21.6 Å². The van der Waals surface area contributed by atoms with Crippen molar-refractivity contribution in [2.45, 2.75) is 13.1 Å². The molecule has 0 atom stereocenters. The molecule has 120 valence electrons. The number of aromatic nitrogens is 1. The first-order valence-corrected chi connectivity index (χ1v) is 7.95. The van der Waals surface area contributed by atoms with Crippen LogP contribution in [0.4, 0.5) is 5.69 Å². The average Bonchev–Trinajstić information content (AvgIpc) is 3.00. The maximum Gasteiger partial charge on any atom is 0.262 e. The van der Waals surface area contributed by atoms with Gasteiger partial charge in [0.1, 0.15) is 5.75 Å². The van der Waals surface area contributed by atoms with E-state index in [9.17, 15) is 4.79 Å². The van der Waals surface area contributed by atoms with Crippen LogP contribution in [0.25, 0.3) is 0 Å². The number of ether oxygens (including phenoxy) is 1. The lowest BCUT2D eigenvalue weighted by Crippen LogP contribution is -2.30. The normalized spacial score (nSPS) is 13.0. The summed E-state index contributed by atoms with van der Waals surface area (Å²) >= 11 is 0. The van der Waals surface area contributed by atoms with E-state index >= 15 is 0 Å². The van der Waals surface area contributed by atoms with Crippen LogP contribution in [0, 0.1) is 0 Å². The van der Waals surface area contributed by atoms with E-state index in [0.29, 0.717) is 17.9 Å². The molecule has 1 aliphatic heterocycles. The molecule has 3 aromatic rings. The van der Waals surface area contributed by atoms with Crippen molar-refractivity contribution in [1.82, 2.24) is 4.57 Å². The number of hydrogen-bond donors (Lipinski definition) is 0. The quantitative estimate of drug-likeness (QED) is 0.722. The van der Waals surface area contributed by atoms with E-state index in [1.165, 1.54) is 0 Å². The molecule has 0 saturated carbocycles. The molecule has 4 nitrogen and oxygen atoms in total. The Balaban J connectivity index is 1.83. The van der Waals surface area contributed by atoms with E-state index in [2.05, 4.69) is 22.9 Å². The number of rotatable bonds is 2. The van der Waals surface area contributed by atoms with Crippen molar-refractivity contribution in [2.24, 2.45) is 0 Å². The average molecular weight is 318 g/mol.